The van der Waals surface area contributed by atoms with Crippen LogP contribution in [0.4, 0.5) is 5.69 Å². The van der Waals surface area contributed by atoms with E-state index in [0.29, 0.717) is 15.7 Å². The minimum absolute atomic E-state index is 0.0951. The molecule has 1 aromatic rings. The first-order chi connectivity index (χ1) is 10.1. The van der Waals surface area contributed by atoms with Crippen LogP contribution < -0.4 is 15.5 Å². The number of hydrogen-bond donors (Lipinski definition) is 3. The lowest BCUT2D eigenvalue weighted by molar-refractivity contribution is -0.862. The normalized spacial score (nSPS) is 12.6. The molecule has 0 saturated carbocycles. The van der Waals surface area contributed by atoms with Gasteiger partial charge >= 0.3 is 0 Å². The van der Waals surface area contributed by atoms with Crippen LogP contribution in [0.1, 0.15) is 20.8 Å². The average molecular weight is 347 g/mol. The van der Waals surface area contributed by atoms with E-state index in [0.717, 1.165) is 4.90 Å². The van der Waals surface area contributed by atoms with Gasteiger partial charge < -0.3 is 15.5 Å². The first-order valence-electron chi connectivity index (χ1n) is 6.94. The van der Waals surface area contributed by atoms with E-state index < -0.39 is 0 Å². The second kappa shape index (κ2) is 7.81. The monoisotopic (exact) mass is 346 g/mol. The highest BCUT2D eigenvalue weighted by atomic mass is 35.5. The van der Waals surface area contributed by atoms with Gasteiger partial charge in [0.15, 0.2) is 13.1 Å². The zero-order chi connectivity index (χ0) is 16.9. The second-order valence-electron chi connectivity index (χ2n) is 6.28. The molecule has 0 fully saturated rings. The van der Waals surface area contributed by atoms with Crippen molar-refractivity contribution in [1.82, 2.24) is 5.32 Å². The maximum Gasteiger partial charge on any atom is 0.279 e. The van der Waals surface area contributed by atoms with Crippen molar-refractivity contribution in [3.63, 3.8) is 0 Å². The van der Waals surface area contributed by atoms with E-state index >= 15 is 0 Å². The van der Waals surface area contributed by atoms with Crippen molar-refractivity contribution in [3.8, 4) is 0 Å². The summed E-state index contributed by atoms with van der Waals surface area (Å²) >= 11 is 11.8. The van der Waals surface area contributed by atoms with Crippen LogP contribution in [0.2, 0.25) is 10.0 Å². The summed E-state index contributed by atoms with van der Waals surface area (Å²) in [5.74, 6) is -0.312. The number of nitrogens with one attached hydrogen (secondary N) is 3. The van der Waals surface area contributed by atoms with Gasteiger partial charge in [0, 0.05) is 10.6 Å². The summed E-state index contributed by atoms with van der Waals surface area (Å²) in [5, 5.41) is 6.45. The lowest BCUT2D eigenvalue weighted by atomic mass is 10.1. The zero-order valence-corrected chi connectivity index (χ0v) is 14.7. The Labute approximate surface area is 141 Å². The van der Waals surface area contributed by atoms with Crippen LogP contribution in [0.5, 0.6) is 0 Å². The molecule has 0 heterocycles. The van der Waals surface area contributed by atoms with Gasteiger partial charge in [-0.3, -0.25) is 9.59 Å². The summed E-state index contributed by atoms with van der Waals surface area (Å²) in [6.07, 6.45) is 0. The Morgan fingerprint density at radius 3 is 2.27 bits per heavy atom. The molecule has 22 heavy (non-hydrogen) atoms. The van der Waals surface area contributed by atoms with Crippen LogP contribution in [-0.4, -0.2) is 37.5 Å². The number of carbonyl (C=O) groups excluding carboxylic acids is 2. The third-order valence-electron chi connectivity index (χ3n) is 2.64. The quantitative estimate of drug-likeness (QED) is 0.753. The molecule has 0 radical (unpaired) electrons. The molecular formula is C15H22Cl2N3O2+. The van der Waals surface area contributed by atoms with Crippen molar-refractivity contribution in [1.29, 1.82) is 0 Å². The van der Waals surface area contributed by atoms with E-state index in [4.69, 9.17) is 23.2 Å². The summed E-state index contributed by atoms with van der Waals surface area (Å²) in [5.41, 5.74) is 0.221. The van der Waals surface area contributed by atoms with Crippen LogP contribution in [0.25, 0.3) is 0 Å². The van der Waals surface area contributed by atoms with Crippen molar-refractivity contribution in [3.05, 3.63) is 28.2 Å². The Morgan fingerprint density at radius 2 is 1.73 bits per heavy atom. The van der Waals surface area contributed by atoms with E-state index in [-0.39, 0.29) is 30.4 Å². The van der Waals surface area contributed by atoms with Crippen molar-refractivity contribution in [2.45, 2.75) is 26.3 Å². The standard InChI is InChI=1S/C15H21Cl2N3O2/c1-15(2,3)19-14(22)9-20(4)8-13(21)18-12-6-5-10(16)7-11(12)17/h5-7H,8-9H2,1-4H3,(H,18,21)(H,19,22)/p+1. The topological polar surface area (TPSA) is 62.6 Å². The highest BCUT2D eigenvalue weighted by molar-refractivity contribution is 6.36. The molecule has 1 aromatic carbocycles. The van der Waals surface area contributed by atoms with Gasteiger partial charge in [-0.15, -0.1) is 0 Å². The smallest absolute Gasteiger partial charge is 0.279 e. The average Bonchev–Trinajstić information content (AvgIpc) is 2.29. The van der Waals surface area contributed by atoms with Crippen molar-refractivity contribution in [2.75, 3.05) is 25.5 Å². The number of halogens is 2. The minimum atomic E-state index is -0.281. The maximum atomic E-state index is 12.0. The number of anilines is 1. The Bertz CT molecular complexity index is 556. The molecule has 0 saturated heterocycles. The summed E-state index contributed by atoms with van der Waals surface area (Å²) in [4.78, 5) is 24.6. The number of quaternary nitrogens is 1. The molecular weight excluding hydrogens is 325 g/mol. The molecule has 0 aliphatic carbocycles. The van der Waals surface area contributed by atoms with Crippen LogP contribution in [0, 0.1) is 0 Å². The summed E-state index contributed by atoms with van der Waals surface area (Å²) in [6.45, 7) is 6.12. The highest BCUT2D eigenvalue weighted by Crippen LogP contribution is 2.25. The first-order valence-corrected chi connectivity index (χ1v) is 7.69. The van der Waals surface area contributed by atoms with E-state index in [1.54, 1.807) is 25.2 Å². The molecule has 122 valence electrons. The van der Waals surface area contributed by atoms with E-state index in [1.807, 2.05) is 20.8 Å². The summed E-state index contributed by atoms with van der Waals surface area (Å²) in [7, 11) is 1.78. The fourth-order valence-corrected chi connectivity index (χ4v) is 2.31. The van der Waals surface area contributed by atoms with Crippen molar-refractivity contribution in [2.24, 2.45) is 0 Å². The summed E-state index contributed by atoms with van der Waals surface area (Å²) < 4.78 is 0. The van der Waals surface area contributed by atoms with Crippen LogP contribution in [-0.2, 0) is 9.59 Å². The van der Waals surface area contributed by atoms with Crippen LogP contribution in [0.15, 0.2) is 18.2 Å². The number of benzene rings is 1. The molecule has 2 amide bonds. The summed E-state index contributed by atoms with van der Waals surface area (Å²) in [6, 6.07) is 4.85. The lowest BCUT2D eigenvalue weighted by Crippen LogP contribution is -3.11. The molecule has 0 spiro atoms. The third-order valence-corrected chi connectivity index (χ3v) is 3.19. The van der Waals surface area contributed by atoms with Gasteiger partial charge in [-0.05, 0) is 39.0 Å². The van der Waals surface area contributed by atoms with Gasteiger partial charge in [-0.2, -0.15) is 0 Å². The third kappa shape index (κ3) is 7.11. The molecule has 0 aliphatic heterocycles. The molecule has 7 heteroatoms. The molecule has 0 aromatic heterocycles. The number of likely N-dealkylation sites (N-methyl/N-ethyl adjacent to an activating group) is 1. The van der Waals surface area contributed by atoms with Gasteiger partial charge in [0.25, 0.3) is 11.8 Å². The van der Waals surface area contributed by atoms with E-state index in [1.165, 1.54) is 0 Å². The molecule has 1 rings (SSSR count). The van der Waals surface area contributed by atoms with Gasteiger partial charge in [0.1, 0.15) is 0 Å². The predicted octanol–water partition coefficient (Wildman–Crippen LogP) is 1.36. The Kier molecular flexibility index (Phi) is 6.66. The number of carbonyl (C=O) groups is 2. The molecule has 1 atom stereocenters. The van der Waals surface area contributed by atoms with Gasteiger partial charge in [0.05, 0.1) is 17.8 Å². The molecule has 5 nitrogen and oxygen atoms in total. The zero-order valence-electron chi connectivity index (χ0n) is 13.2. The molecule has 1 unspecified atom stereocenters. The van der Waals surface area contributed by atoms with E-state index in [2.05, 4.69) is 10.6 Å². The Hall–Kier alpha value is -1.30. The maximum absolute atomic E-state index is 12.0. The van der Waals surface area contributed by atoms with Gasteiger partial charge in [-0.1, -0.05) is 23.2 Å². The van der Waals surface area contributed by atoms with Crippen molar-refractivity contribution >= 4 is 40.7 Å². The largest absolute Gasteiger partial charge is 0.347 e. The number of amides is 2. The fourth-order valence-electron chi connectivity index (χ4n) is 1.86. The van der Waals surface area contributed by atoms with Crippen LogP contribution >= 0.6 is 23.2 Å². The fraction of sp³-hybridized carbons (Fsp3) is 0.467. The molecule has 0 bridgehead atoms. The second-order valence-corrected chi connectivity index (χ2v) is 7.12. The predicted molar refractivity (Wildman–Crippen MR) is 89.6 cm³/mol. The minimum Gasteiger partial charge on any atom is -0.347 e. The Morgan fingerprint density at radius 1 is 1.14 bits per heavy atom. The first kappa shape index (κ1) is 18.7. The highest BCUT2D eigenvalue weighted by Gasteiger charge is 2.19. The van der Waals surface area contributed by atoms with Gasteiger partial charge in [-0.25, -0.2) is 0 Å². The Balaban J connectivity index is 2.49. The number of rotatable bonds is 5. The lowest BCUT2D eigenvalue weighted by Gasteiger charge is -2.21. The van der Waals surface area contributed by atoms with Crippen LogP contribution in [0.3, 0.4) is 0 Å². The van der Waals surface area contributed by atoms with Gasteiger partial charge in [0.2, 0.25) is 0 Å². The molecule has 3 N–H and O–H groups in total. The molecule has 0 aliphatic rings. The SMILES string of the molecule is C[NH+](CC(=O)Nc1ccc(Cl)cc1Cl)CC(=O)NC(C)(C)C. The van der Waals surface area contributed by atoms with Crippen molar-refractivity contribution < 1.29 is 14.5 Å². The van der Waals surface area contributed by atoms with E-state index in [9.17, 15) is 9.59 Å². The number of hydrogen-bond acceptors (Lipinski definition) is 2.